The van der Waals surface area contributed by atoms with Crippen LogP contribution in [-0.4, -0.2) is 45.8 Å². The average molecular weight is 584 g/mol. The number of rotatable bonds is 15. The second-order valence-electron chi connectivity index (χ2n) is 9.28. The molecule has 0 bridgehead atoms. The fraction of sp³-hybridized carbons (Fsp3) is 0.323. The van der Waals surface area contributed by atoms with Gasteiger partial charge in [-0.3, -0.25) is 9.44 Å². The zero-order chi connectivity index (χ0) is 30.4. The zero-order valence-corrected chi connectivity index (χ0v) is 25.4. The second kappa shape index (κ2) is 16.3. The third-order valence-electron chi connectivity index (χ3n) is 5.73. The molecule has 0 amide bonds. The van der Waals surface area contributed by atoms with E-state index in [-0.39, 0.29) is 30.6 Å². The van der Waals surface area contributed by atoms with E-state index in [1.54, 1.807) is 42.5 Å². The van der Waals surface area contributed by atoms with Crippen LogP contribution in [0.4, 0.5) is 5.69 Å². The molecule has 3 N–H and O–H groups in total. The highest BCUT2D eigenvalue weighted by Crippen LogP contribution is 2.29. The summed E-state index contributed by atoms with van der Waals surface area (Å²) in [6, 6.07) is 13.6. The topological polar surface area (TPSA) is 118 Å². The first-order valence-corrected chi connectivity index (χ1v) is 14.7. The van der Waals surface area contributed by atoms with Crippen molar-refractivity contribution in [3.63, 3.8) is 0 Å². The smallest absolute Gasteiger partial charge is 0.321 e. The van der Waals surface area contributed by atoms with E-state index in [0.717, 1.165) is 11.1 Å². The lowest BCUT2D eigenvalue weighted by Gasteiger charge is -2.20. The van der Waals surface area contributed by atoms with Crippen molar-refractivity contribution in [2.45, 2.75) is 46.6 Å². The first kappa shape index (κ1) is 33.2. The van der Waals surface area contributed by atoms with Gasteiger partial charge in [-0.15, -0.1) is 0 Å². The number of aliphatic imine (C=N–C) groups is 1. The van der Waals surface area contributed by atoms with Gasteiger partial charge in [0.05, 0.1) is 31.1 Å². The van der Waals surface area contributed by atoms with Crippen LogP contribution >= 0.6 is 0 Å². The van der Waals surface area contributed by atoms with Crippen molar-refractivity contribution in [3.05, 3.63) is 102 Å². The number of para-hydroxylation sites is 2. The Bertz CT molecular complexity index is 1380. The maximum absolute atomic E-state index is 13.2. The van der Waals surface area contributed by atoms with E-state index in [1.165, 1.54) is 14.0 Å². The monoisotopic (exact) mass is 583 g/mol. The minimum absolute atomic E-state index is 0.00578. The zero-order valence-electron chi connectivity index (χ0n) is 24.5. The number of nitrogens with one attached hydrogen (secondary N) is 2. The average Bonchev–Trinajstić information content (AvgIpc) is 2.93. The second-order valence-corrected chi connectivity index (χ2v) is 10.7. The molecule has 1 atom stereocenters. The van der Waals surface area contributed by atoms with Crippen LogP contribution in [0.25, 0.3) is 0 Å². The molecule has 2 aromatic rings. The summed E-state index contributed by atoms with van der Waals surface area (Å²) in [5.74, 6) is 1.02. The summed E-state index contributed by atoms with van der Waals surface area (Å²) in [5, 5.41) is 9.51. The normalized spacial score (nSPS) is 14.0. The Hall–Kier alpha value is -4.02. The molecule has 0 heterocycles. The molecule has 0 fully saturated rings. The number of nitrogens with zero attached hydrogens (tertiary/aromatic N) is 1. The molecule has 41 heavy (non-hydrogen) atoms. The van der Waals surface area contributed by atoms with Crippen LogP contribution in [0.5, 0.6) is 11.5 Å². The molecule has 10 heteroatoms. The van der Waals surface area contributed by atoms with Crippen LogP contribution in [0.3, 0.4) is 0 Å². The van der Waals surface area contributed by atoms with Crippen LogP contribution in [0, 0.1) is 0 Å². The van der Waals surface area contributed by atoms with Crippen LogP contribution in [0.2, 0.25) is 0 Å². The van der Waals surface area contributed by atoms with Crippen molar-refractivity contribution in [2.75, 3.05) is 25.0 Å². The summed E-state index contributed by atoms with van der Waals surface area (Å²) < 4.78 is 48.8. The van der Waals surface area contributed by atoms with Crippen molar-refractivity contribution >= 4 is 21.8 Å². The van der Waals surface area contributed by atoms with E-state index in [1.807, 2.05) is 44.2 Å². The Balaban J connectivity index is 2.60. The highest BCUT2D eigenvalue weighted by molar-refractivity contribution is 7.90. The third kappa shape index (κ3) is 10.5. The molecule has 0 aliphatic rings. The number of benzene rings is 2. The van der Waals surface area contributed by atoms with Gasteiger partial charge in [-0.2, -0.15) is 8.42 Å². The number of hydrogen-bond donors (Lipinski definition) is 3. The van der Waals surface area contributed by atoms with E-state index in [4.69, 9.17) is 19.2 Å². The maximum atomic E-state index is 13.2. The molecule has 0 saturated carbocycles. The van der Waals surface area contributed by atoms with Gasteiger partial charge < -0.3 is 19.3 Å². The first-order valence-electron chi connectivity index (χ1n) is 13.2. The molecule has 1 unspecified atom stereocenters. The molecule has 0 saturated heterocycles. The molecular weight excluding hydrogens is 542 g/mol. The minimum atomic E-state index is -4.10. The number of hydrogen-bond acceptors (Lipinski definition) is 7. The number of anilines is 1. The fourth-order valence-corrected chi connectivity index (χ4v) is 4.67. The molecule has 0 aliphatic heterocycles. The van der Waals surface area contributed by atoms with Gasteiger partial charge in [-0.1, -0.05) is 69.0 Å². The minimum Gasteiger partial charge on any atom is -0.493 e. The Kier molecular flexibility index (Phi) is 13.2. The number of ether oxygens (including phenoxy) is 3. The molecule has 222 valence electrons. The van der Waals surface area contributed by atoms with Crippen LogP contribution in [0.1, 0.15) is 46.1 Å². The van der Waals surface area contributed by atoms with Gasteiger partial charge >= 0.3 is 10.2 Å². The lowest BCUT2D eigenvalue weighted by Crippen LogP contribution is -2.32. The number of aliphatic hydroxyl groups is 1. The van der Waals surface area contributed by atoms with Gasteiger partial charge in [-0.05, 0) is 62.1 Å². The third-order valence-corrected chi connectivity index (χ3v) is 6.81. The Labute approximate surface area is 244 Å². The van der Waals surface area contributed by atoms with E-state index >= 15 is 0 Å². The molecule has 0 aromatic heterocycles. The highest BCUT2D eigenvalue weighted by Gasteiger charge is 2.23. The predicted octanol–water partition coefficient (Wildman–Crippen LogP) is 5.86. The van der Waals surface area contributed by atoms with Gasteiger partial charge in [0.25, 0.3) is 5.90 Å². The Morgan fingerprint density at radius 1 is 1.10 bits per heavy atom. The van der Waals surface area contributed by atoms with Crippen molar-refractivity contribution in [2.24, 2.45) is 4.99 Å². The lowest BCUT2D eigenvalue weighted by molar-refractivity contribution is 0.188. The van der Waals surface area contributed by atoms with E-state index in [9.17, 15) is 13.5 Å². The molecule has 0 spiro atoms. The van der Waals surface area contributed by atoms with Gasteiger partial charge in [0.2, 0.25) is 5.76 Å². The first-order chi connectivity index (χ1) is 19.5. The number of methoxy groups -OCH3 is 1. The van der Waals surface area contributed by atoms with Gasteiger partial charge in [-0.25, -0.2) is 4.99 Å². The van der Waals surface area contributed by atoms with E-state index in [0.29, 0.717) is 23.1 Å². The fourth-order valence-electron chi connectivity index (χ4n) is 3.68. The van der Waals surface area contributed by atoms with Gasteiger partial charge in [0, 0.05) is 0 Å². The van der Waals surface area contributed by atoms with E-state index in [2.05, 4.69) is 29.9 Å². The van der Waals surface area contributed by atoms with Crippen LogP contribution in [-0.2, 0) is 14.9 Å². The van der Waals surface area contributed by atoms with Crippen molar-refractivity contribution in [3.8, 4) is 11.5 Å². The largest absolute Gasteiger partial charge is 0.493 e. The number of allylic oxidation sites excluding steroid dienone is 4. The summed E-state index contributed by atoms with van der Waals surface area (Å²) in [5.41, 5.74) is 2.40. The van der Waals surface area contributed by atoms with Crippen LogP contribution < -0.4 is 18.9 Å². The Morgan fingerprint density at radius 2 is 1.76 bits per heavy atom. The van der Waals surface area contributed by atoms with Crippen molar-refractivity contribution in [1.82, 2.24) is 4.72 Å². The summed E-state index contributed by atoms with van der Waals surface area (Å²) in [7, 11) is -2.60. The number of aliphatic hydroxyl groups excluding tert-OH is 1. The molecule has 0 radical (unpaired) electrons. The van der Waals surface area contributed by atoms with Crippen LogP contribution in [0.15, 0.2) is 101 Å². The summed E-state index contributed by atoms with van der Waals surface area (Å²) >= 11 is 0. The SMILES string of the molecule is C=C/C=C(\C=C/C)C(C)N=C(OCCO)/C(Oc1ccccc1OC)=C(\C)NS(=O)(=O)Nc1ccc(C(C)C)cc1. The standard InChI is InChI=1S/C31H41N3O6S/c1-8-12-26(13-9-2)23(5)32-31(39-21-20-35)30(40-29-15-11-10-14-28(29)38-7)24(6)33-41(36,37)34-27-18-16-25(17-19-27)22(3)4/h8-19,22-23,33-35H,1,20-21H2,2-7H3/b13-9-,26-12+,30-24-,32-31?. The maximum Gasteiger partial charge on any atom is 0.321 e. The van der Waals surface area contributed by atoms with E-state index < -0.39 is 16.3 Å². The highest BCUT2D eigenvalue weighted by atomic mass is 32.2. The molecular formula is C31H41N3O6S. The van der Waals surface area contributed by atoms with Crippen molar-refractivity contribution < 1.29 is 27.7 Å². The summed E-state index contributed by atoms with van der Waals surface area (Å²) in [4.78, 5) is 4.70. The Morgan fingerprint density at radius 3 is 2.32 bits per heavy atom. The molecule has 2 rings (SSSR count). The lowest BCUT2D eigenvalue weighted by atomic mass is 10.0. The van der Waals surface area contributed by atoms with Gasteiger partial charge in [0.15, 0.2) is 11.5 Å². The quantitative estimate of drug-likeness (QED) is 0.105. The molecule has 0 aliphatic carbocycles. The predicted molar refractivity (Wildman–Crippen MR) is 166 cm³/mol. The molecule has 2 aromatic carbocycles. The summed E-state index contributed by atoms with van der Waals surface area (Å²) in [6.45, 7) is 12.8. The summed E-state index contributed by atoms with van der Waals surface area (Å²) in [6.07, 6.45) is 7.22. The van der Waals surface area contributed by atoms with Crippen molar-refractivity contribution in [1.29, 1.82) is 0 Å². The molecule has 9 nitrogen and oxygen atoms in total. The van der Waals surface area contributed by atoms with Gasteiger partial charge in [0.1, 0.15) is 6.61 Å².